The highest BCUT2D eigenvalue weighted by molar-refractivity contribution is 14.0. The molecule has 2 heterocycles. The van der Waals surface area contributed by atoms with Crippen molar-refractivity contribution in [3.05, 3.63) is 41.5 Å². The molecule has 7 nitrogen and oxygen atoms in total. The van der Waals surface area contributed by atoms with Crippen LogP contribution in [0.4, 0.5) is 0 Å². The molecule has 1 aliphatic heterocycles. The van der Waals surface area contributed by atoms with Gasteiger partial charge in [-0.25, -0.2) is 14.7 Å². The summed E-state index contributed by atoms with van der Waals surface area (Å²) in [5.74, 6) is 4.93. The summed E-state index contributed by atoms with van der Waals surface area (Å²) in [5.41, 5.74) is 1.12. The number of halogens is 1. The number of benzene rings is 1. The van der Waals surface area contributed by atoms with E-state index in [4.69, 9.17) is 9.73 Å². The Kier molecular flexibility index (Phi) is 8.57. The lowest BCUT2D eigenvalue weighted by Crippen LogP contribution is -2.47. The minimum absolute atomic E-state index is 0. The van der Waals surface area contributed by atoms with E-state index in [1.165, 1.54) is 12.8 Å². The van der Waals surface area contributed by atoms with Crippen LogP contribution in [-0.2, 0) is 19.5 Å². The van der Waals surface area contributed by atoms with E-state index in [1.807, 2.05) is 12.1 Å². The second-order valence-corrected chi connectivity index (χ2v) is 8.66. The monoisotopic (exact) mass is 538 g/mol. The fourth-order valence-electron chi connectivity index (χ4n) is 3.64. The number of aliphatic imine (C=N–C) groups is 1. The van der Waals surface area contributed by atoms with E-state index in [-0.39, 0.29) is 24.0 Å². The molecule has 4 rings (SSSR count). The Bertz CT molecular complexity index is 877. The molecule has 1 aromatic carbocycles. The molecular formula is C23H35IN6O. The first-order valence-corrected chi connectivity index (χ1v) is 11.3. The standard InChI is InChI=1S/C23H34N6O.HI/c1-4-24-23(25-13-18-7-5-6-8-20(18)30-15-17-9-10-17)26-19-11-12-21-27-22(16(2)3)28-29(21)14-19;/h5-8,16-17,19H,4,9-15H2,1-3H3,(H2,24,25,26);1H. The van der Waals surface area contributed by atoms with E-state index in [9.17, 15) is 0 Å². The Labute approximate surface area is 202 Å². The highest BCUT2D eigenvalue weighted by Crippen LogP contribution is 2.30. The molecule has 170 valence electrons. The fourth-order valence-corrected chi connectivity index (χ4v) is 3.64. The summed E-state index contributed by atoms with van der Waals surface area (Å²) < 4.78 is 8.09. The number of aryl methyl sites for hydroxylation is 1. The molecule has 1 fully saturated rings. The number of hydrogen-bond donors (Lipinski definition) is 2. The van der Waals surface area contributed by atoms with Crippen LogP contribution in [-0.4, -0.2) is 39.9 Å². The molecule has 31 heavy (non-hydrogen) atoms. The molecule has 2 N–H and O–H groups in total. The van der Waals surface area contributed by atoms with Crippen molar-refractivity contribution < 1.29 is 4.74 Å². The largest absolute Gasteiger partial charge is 0.493 e. The maximum atomic E-state index is 6.04. The Morgan fingerprint density at radius 3 is 2.81 bits per heavy atom. The highest BCUT2D eigenvalue weighted by atomic mass is 127. The summed E-state index contributed by atoms with van der Waals surface area (Å²) >= 11 is 0. The highest BCUT2D eigenvalue weighted by Gasteiger charge is 2.24. The predicted octanol–water partition coefficient (Wildman–Crippen LogP) is 3.88. The van der Waals surface area contributed by atoms with Crippen molar-refractivity contribution in [2.75, 3.05) is 13.2 Å². The van der Waals surface area contributed by atoms with E-state index < -0.39 is 0 Å². The summed E-state index contributed by atoms with van der Waals surface area (Å²) in [6.45, 7) is 9.42. The van der Waals surface area contributed by atoms with Gasteiger partial charge in [-0.3, -0.25) is 0 Å². The molecule has 1 saturated carbocycles. The molecule has 0 radical (unpaired) electrons. The van der Waals surface area contributed by atoms with Crippen LogP contribution in [0, 0.1) is 5.92 Å². The Morgan fingerprint density at radius 1 is 1.26 bits per heavy atom. The molecule has 0 bridgehead atoms. The first-order valence-electron chi connectivity index (χ1n) is 11.3. The number of fused-ring (bicyclic) bond motifs is 1. The zero-order chi connectivity index (χ0) is 20.9. The predicted molar refractivity (Wildman–Crippen MR) is 134 cm³/mol. The van der Waals surface area contributed by atoms with E-state index in [1.54, 1.807) is 0 Å². The Hall–Kier alpha value is -1.84. The van der Waals surface area contributed by atoms with E-state index >= 15 is 0 Å². The number of aromatic nitrogens is 3. The van der Waals surface area contributed by atoms with Crippen molar-refractivity contribution in [2.24, 2.45) is 10.9 Å². The zero-order valence-corrected chi connectivity index (χ0v) is 21.1. The van der Waals surface area contributed by atoms with Crippen molar-refractivity contribution in [1.82, 2.24) is 25.4 Å². The minimum atomic E-state index is 0. The van der Waals surface area contributed by atoms with Gasteiger partial charge in [-0.15, -0.1) is 24.0 Å². The lowest BCUT2D eigenvalue weighted by atomic mass is 10.1. The normalized spacial score (nSPS) is 18.3. The second kappa shape index (κ2) is 11.2. The SMILES string of the molecule is CCNC(=NCc1ccccc1OCC1CC1)NC1CCc2nc(C(C)C)nn2C1.I. The van der Waals surface area contributed by atoms with Crippen LogP contribution in [0.15, 0.2) is 29.3 Å². The third-order valence-electron chi connectivity index (χ3n) is 5.63. The lowest BCUT2D eigenvalue weighted by molar-refractivity contribution is 0.297. The van der Waals surface area contributed by atoms with Gasteiger partial charge in [-0.1, -0.05) is 32.0 Å². The van der Waals surface area contributed by atoms with Gasteiger partial charge in [-0.05, 0) is 38.2 Å². The number of para-hydroxylation sites is 1. The first kappa shape index (κ1) is 23.8. The number of guanidine groups is 1. The lowest BCUT2D eigenvalue weighted by Gasteiger charge is -2.25. The third kappa shape index (κ3) is 6.57. The fraction of sp³-hybridized carbons (Fsp3) is 0.609. The first-order chi connectivity index (χ1) is 14.6. The number of nitrogens with zero attached hydrogens (tertiary/aromatic N) is 4. The average Bonchev–Trinajstić information content (AvgIpc) is 3.47. The molecule has 8 heteroatoms. The molecule has 0 amide bonds. The van der Waals surface area contributed by atoms with Gasteiger partial charge in [0.15, 0.2) is 11.8 Å². The van der Waals surface area contributed by atoms with Gasteiger partial charge >= 0.3 is 0 Å². The van der Waals surface area contributed by atoms with Gasteiger partial charge in [0.05, 0.1) is 19.7 Å². The van der Waals surface area contributed by atoms with Crippen molar-refractivity contribution in [2.45, 2.75) is 71.5 Å². The number of nitrogens with one attached hydrogen (secondary N) is 2. The minimum Gasteiger partial charge on any atom is -0.493 e. The maximum absolute atomic E-state index is 6.04. The number of rotatable bonds is 8. The quantitative estimate of drug-likeness (QED) is 0.303. The Balaban J connectivity index is 0.00000272. The van der Waals surface area contributed by atoms with Crippen LogP contribution < -0.4 is 15.4 Å². The van der Waals surface area contributed by atoms with Gasteiger partial charge in [0, 0.05) is 30.5 Å². The summed E-state index contributed by atoms with van der Waals surface area (Å²) in [4.78, 5) is 9.52. The molecule has 0 saturated heterocycles. The van der Waals surface area contributed by atoms with Gasteiger partial charge < -0.3 is 15.4 Å². The van der Waals surface area contributed by atoms with Crippen molar-refractivity contribution in [3.8, 4) is 5.75 Å². The van der Waals surface area contributed by atoms with E-state index in [0.29, 0.717) is 18.5 Å². The molecular weight excluding hydrogens is 503 g/mol. The Morgan fingerprint density at radius 2 is 2.06 bits per heavy atom. The van der Waals surface area contributed by atoms with E-state index in [0.717, 1.165) is 67.4 Å². The molecule has 1 atom stereocenters. The average molecular weight is 538 g/mol. The van der Waals surface area contributed by atoms with Crippen LogP contribution in [0.25, 0.3) is 0 Å². The molecule has 1 aliphatic carbocycles. The van der Waals surface area contributed by atoms with Crippen molar-refractivity contribution >= 4 is 29.9 Å². The maximum Gasteiger partial charge on any atom is 0.191 e. The number of ether oxygens (including phenoxy) is 1. The third-order valence-corrected chi connectivity index (χ3v) is 5.63. The number of hydrogen-bond acceptors (Lipinski definition) is 4. The van der Waals surface area contributed by atoms with Crippen LogP contribution in [0.1, 0.15) is 63.2 Å². The van der Waals surface area contributed by atoms with Crippen molar-refractivity contribution in [3.63, 3.8) is 0 Å². The summed E-state index contributed by atoms with van der Waals surface area (Å²) in [7, 11) is 0. The molecule has 1 unspecified atom stereocenters. The zero-order valence-electron chi connectivity index (χ0n) is 18.8. The van der Waals surface area contributed by atoms with Crippen LogP contribution >= 0.6 is 24.0 Å². The topological polar surface area (TPSA) is 76.4 Å². The summed E-state index contributed by atoms with van der Waals surface area (Å²) in [6.07, 6.45) is 4.56. The van der Waals surface area contributed by atoms with Gasteiger partial charge in [0.1, 0.15) is 11.6 Å². The van der Waals surface area contributed by atoms with Gasteiger partial charge in [-0.2, -0.15) is 5.10 Å². The molecule has 1 aromatic heterocycles. The second-order valence-electron chi connectivity index (χ2n) is 8.66. The molecule has 2 aromatic rings. The van der Waals surface area contributed by atoms with Gasteiger partial charge in [0.2, 0.25) is 0 Å². The summed E-state index contributed by atoms with van der Waals surface area (Å²) in [6, 6.07) is 8.52. The van der Waals surface area contributed by atoms with E-state index in [2.05, 4.69) is 58.3 Å². The van der Waals surface area contributed by atoms with Crippen LogP contribution in [0.3, 0.4) is 0 Å². The summed E-state index contributed by atoms with van der Waals surface area (Å²) in [5, 5.41) is 11.7. The van der Waals surface area contributed by atoms with Crippen LogP contribution in [0.5, 0.6) is 5.75 Å². The van der Waals surface area contributed by atoms with Crippen LogP contribution in [0.2, 0.25) is 0 Å². The van der Waals surface area contributed by atoms with Gasteiger partial charge in [0.25, 0.3) is 0 Å². The molecule has 0 spiro atoms. The van der Waals surface area contributed by atoms with Crippen molar-refractivity contribution in [1.29, 1.82) is 0 Å². The smallest absolute Gasteiger partial charge is 0.191 e. The molecule has 2 aliphatic rings.